The number of esters is 1. The van der Waals surface area contributed by atoms with Crippen LogP contribution in [-0.4, -0.2) is 70.1 Å². The van der Waals surface area contributed by atoms with Crippen LogP contribution >= 0.6 is 0 Å². The van der Waals surface area contributed by atoms with Crippen molar-refractivity contribution < 1.29 is 28.6 Å². The number of nitrogens with zero attached hydrogens (tertiary/aromatic N) is 1. The first kappa shape index (κ1) is 20.1. The zero-order chi connectivity index (χ0) is 17.0. The highest BCUT2D eigenvalue weighted by atomic mass is 16.6. The third-order valence-electron chi connectivity index (χ3n) is 2.92. The van der Waals surface area contributed by atoms with Crippen molar-refractivity contribution in [3.05, 3.63) is 0 Å². The van der Waals surface area contributed by atoms with Crippen molar-refractivity contribution in [3.8, 4) is 0 Å². The first-order valence-electron chi connectivity index (χ1n) is 6.97. The van der Waals surface area contributed by atoms with E-state index >= 15 is 0 Å². The molecular formula is C13H25N3O6. The summed E-state index contributed by atoms with van der Waals surface area (Å²) < 4.78 is 13.7. The fourth-order valence-electron chi connectivity index (χ4n) is 1.79. The Morgan fingerprint density at radius 3 is 2.00 bits per heavy atom. The van der Waals surface area contributed by atoms with Gasteiger partial charge in [-0.3, -0.25) is 0 Å². The average Bonchev–Trinajstić information content (AvgIpc) is 2.54. The molecule has 0 aromatic rings. The number of methoxy groups -OCH3 is 3. The van der Waals surface area contributed by atoms with Gasteiger partial charge >= 0.3 is 18.2 Å². The summed E-state index contributed by atoms with van der Waals surface area (Å²) in [7, 11) is 3.41. The summed E-state index contributed by atoms with van der Waals surface area (Å²) in [6.45, 7) is 1.97. The van der Waals surface area contributed by atoms with E-state index in [2.05, 4.69) is 19.5 Å². The maximum atomic E-state index is 11.8. The minimum Gasteiger partial charge on any atom is -0.467 e. The van der Waals surface area contributed by atoms with E-state index in [9.17, 15) is 14.4 Å². The minimum atomic E-state index is -1.10. The Kier molecular flexibility index (Phi) is 10.8. The Bertz CT molecular complexity index is 348. The Hall–Kier alpha value is -1.87. The van der Waals surface area contributed by atoms with Crippen molar-refractivity contribution in [1.82, 2.24) is 10.2 Å². The van der Waals surface area contributed by atoms with Crippen LogP contribution in [0.1, 0.15) is 19.3 Å². The van der Waals surface area contributed by atoms with Crippen molar-refractivity contribution in [2.45, 2.75) is 25.3 Å². The van der Waals surface area contributed by atoms with Gasteiger partial charge in [-0.1, -0.05) is 0 Å². The molecule has 0 spiro atoms. The molecule has 1 unspecified atom stereocenters. The van der Waals surface area contributed by atoms with E-state index in [4.69, 9.17) is 5.73 Å². The second-order valence-electron chi connectivity index (χ2n) is 4.38. The van der Waals surface area contributed by atoms with Gasteiger partial charge in [-0.05, 0) is 38.9 Å². The number of ether oxygens (including phenoxy) is 3. The number of carbonyl (C=O) groups excluding carboxylic acids is 3. The fourth-order valence-corrected chi connectivity index (χ4v) is 1.79. The highest BCUT2D eigenvalue weighted by Crippen LogP contribution is 2.12. The van der Waals surface area contributed by atoms with Gasteiger partial charge in [-0.15, -0.1) is 0 Å². The third kappa shape index (κ3) is 6.72. The molecule has 0 aliphatic heterocycles. The van der Waals surface area contributed by atoms with Crippen LogP contribution in [0.15, 0.2) is 0 Å². The van der Waals surface area contributed by atoms with Gasteiger partial charge in [0.25, 0.3) is 0 Å². The molecule has 0 aliphatic carbocycles. The molecule has 0 radical (unpaired) electrons. The van der Waals surface area contributed by atoms with Crippen LogP contribution < -0.4 is 11.1 Å². The van der Waals surface area contributed by atoms with E-state index < -0.39 is 24.2 Å². The van der Waals surface area contributed by atoms with E-state index in [1.165, 1.54) is 7.11 Å². The molecule has 0 saturated carbocycles. The summed E-state index contributed by atoms with van der Waals surface area (Å²) in [5, 5.41) is 3.14. The molecule has 22 heavy (non-hydrogen) atoms. The van der Waals surface area contributed by atoms with Crippen LogP contribution in [-0.2, 0) is 19.0 Å². The van der Waals surface area contributed by atoms with Gasteiger partial charge in [0, 0.05) is 0 Å². The van der Waals surface area contributed by atoms with Crippen LogP contribution in [0, 0.1) is 0 Å². The van der Waals surface area contributed by atoms with Crippen LogP contribution in [0.4, 0.5) is 9.59 Å². The van der Waals surface area contributed by atoms with Gasteiger partial charge in [0.05, 0.1) is 21.3 Å². The van der Waals surface area contributed by atoms with Gasteiger partial charge in [0.15, 0.2) is 0 Å². The van der Waals surface area contributed by atoms with Crippen molar-refractivity contribution in [2.24, 2.45) is 5.73 Å². The molecule has 0 saturated heterocycles. The Morgan fingerprint density at radius 1 is 1.00 bits per heavy atom. The van der Waals surface area contributed by atoms with Gasteiger partial charge in [-0.25, -0.2) is 14.4 Å². The smallest absolute Gasteiger partial charge is 0.419 e. The molecule has 128 valence electrons. The maximum Gasteiger partial charge on any atom is 0.419 e. The number of hydrogen-bond donors (Lipinski definition) is 2. The van der Waals surface area contributed by atoms with Gasteiger partial charge in [0.2, 0.25) is 0 Å². The van der Waals surface area contributed by atoms with Crippen LogP contribution in [0.5, 0.6) is 0 Å². The highest BCUT2D eigenvalue weighted by Gasteiger charge is 2.36. The Labute approximate surface area is 130 Å². The fraction of sp³-hybridized carbons (Fsp3) is 0.769. The molecule has 0 bridgehead atoms. The Balaban J connectivity index is 4.74. The van der Waals surface area contributed by atoms with E-state index in [-0.39, 0.29) is 6.42 Å². The van der Waals surface area contributed by atoms with Crippen molar-refractivity contribution in [2.75, 3.05) is 41.0 Å². The Morgan fingerprint density at radius 2 is 1.55 bits per heavy atom. The third-order valence-corrected chi connectivity index (χ3v) is 2.92. The maximum absolute atomic E-state index is 11.8. The van der Waals surface area contributed by atoms with E-state index in [0.717, 1.165) is 27.2 Å². The molecule has 0 aromatic carbocycles. The first-order valence-corrected chi connectivity index (χ1v) is 6.97. The van der Waals surface area contributed by atoms with E-state index in [1.807, 2.05) is 0 Å². The summed E-state index contributed by atoms with van der Waals surface area (Å²) in [5.41, 5.74) is 5.38. The zero-order valence-corrected chi connectivity index (χ0v) is 13.3. The second kappa shape index (κ2) is 11.8. The molecule has 0 heterocycles. The molecule has 2 amide bonds. The lowest BCUT2D eigenvalue weighted by atomic mass is 10.1. The molecule has 9 heteroatoms. The minimum absolute atomic E-state index is 0.229. The molecule has 9 nitrogen and oxygen atoms in total. The molecule has 0 aliphatic rings. The van der Waals surface area contributed by atoms with Crippen molar-refractivity contribution in [3.63, 3.8) is 0 Å². The number of carbonyl (C=O) groups is 3. The van der Waals surface area contributed by atoms with Crippen LogP contribution in [0.2, 0.25) is 0 Å². The van der Waals surface area contributed by atoms with Crippen molar-refractivity contribution in [1.29, 1.82) is 0 Å². The molecule has 0 fully saturated rings. The predicted octanol–water partition coefficient (Wildman–Crippen LogP) is 0.0814. The van der Waals surface area contributed by atoms with Gasteiger partial charge < -0.3 is 25.3 Å². The monoisotopic (exact) mass is 319 g/mol. The standard InChI is InChI=1S/C13H25N3O6/c1-20-11(17)10(6-4-8-15-9-5-7-14)16(12(18)21-2)13(19)22-3/h10,15H,4-9,14H2,1-3H3. The lowest BCUT2D eigenvalue weighted by Gasteiger charge is -2.25. The summed E-state index contributed by atoms with van der Waals surface area (Å²) in [4.78, 5) is 35.9. The van der Waals surface area contributed by atoms with E-state index in [0.29, 0.717) is 24.4 Å². The normalized spacial score (nSPS) is 11.5. The zero-order valence-electron chi connectivity index (χ0n) is 13.3. The summed E-state index contributed by atoms with van der Waals surface area (Å²) >= 11 is 0. The number of hydrogen-bond acceptors (Lipinski definition) is 8. The summed E-state index contributed by atoms with van der Waals surface area (Å²) in [6, 6.07) is -1.10. The summed E-state index contributed by atoms with van der Waals surface area (Å²) in [6.07, 6.45) is -0.324. The predicted molar refractivity (Wildman–Crippen MR) is 78.2 cm³/mol. The molecule has 3 N–H and O–H groups in total. The van der Waals surface area contributed by atoms with Crippen molar-refractivity contribution >= 4 is 18.2 Å². The largest absolute Gasteiger partial charge is 0.467 e. The number of imide groups is 1. The lowest BCUT2D eigenvalue weighted by Crippen LogP contribution is -2.49. The number of rotatable bonds is 9. The number of amides is 2. The van der Waals surface area contributed by atoms with Crippen LogP contribution in [0.3, 0.4) is 0 Å². The topological polar surface area (TPSA) is 120 Å². The number of nitrogens with one attached hydrogen (secondary N) is 1. The molecule has 0 aromatic heterocycles. The highest BCUT2D eigenvalue weighted by molar-refractivity contribution is 5.93. The van der Waals surface area contributed by atoms with Gasteiger partial charge in [0.1, 0.15) is 6.04 Å². The SMILES string of the molecule is COC(=O)C(CCCNCCCN)N(C(=O)OC)C(=O)OC. The quantitative estimate of drug-likeness (QED) is 0.348. The average molecular weight is 319 g/mol. The number of nitrogens with two attached hydrogens (primary N) is 1. The lowest BCUT2D eigenvalue weighted by molar-refractivity contribution is -0.146. The van der Waals surface area contributed by atoms with E-state index in [1.54, 1.807) is 0 Å². The van der Waals surface area contributed by atoms with Crippen LogP contribution in [0.25, 0.3) is 0 Å². The first-order chi connectivity index (χ1) is 10.5. The summed E-state index contributed by atoms with van der Waals surface area (Å²) in [5.74, 6) is -0.710. The molecule has 0 rings (SSSR count). The van der Waals surface area contributed by atoms with Gasteiger partial charge in [-0.2, -0.15) is 4.90 Å². The molecule has 1 atom stereocenters. The molecular weight excluding hydrogens is 294 g/mol. The second-order valence-corrected chi connectivity index (χ2v) is 4.38.